The summed E-state index contributed by atoms with van der Waals surface area (Å²) in [5, 5.41) is 3.06. The van der Waals surface area contributed by atoms with Gasteiger partial charge in [0.25, 0.3) is 0 Å². The number of nitrogens with zero attached hydrogens (tertiary/aromatic N) is 1. The van der Waals surface area contributed by atoms with E-state index in [1.54, 1.807) is 0 Å². The first-order valence-corrected chi connectivity index (χ1v) is 7.73. The maximum atomic E-state index is 12.2. The lowest BCUT2D eigenvalue weighted by Gasteiger charge is -2.29. The van der Waals surface area contributed by atoms with Crippen molar-refractivity contribution in [1.82, 2.24) is 10.2 Å². The molecule has 0 aliphatic carbocycles. The van der Waals surface area contributed by atoms with Gasteiger partial charge in [-0.25, -0.2) is 0 Å². The maximum Gasteiger partial charge on any atom is 0.223 e. The van der Waals surface area contributed by atoms with Gasteiger partial charge < -0.3 is 15.0 Å². The highest BCUT2D eigenvalue weighted by Crippen LogP contribution is 2.16. The average molecular weight is 290 g/mol. The predicted molar refractivity (Wildman–Crippen MR) is 84.5 cm³/mol. The largest absolute Gasteiger partial charge is 0.491 e. The molecular formula is C17H26N2O2. The van der Waals surface area contributed by atoms with Gasteiger partial charge in [0, 0.05) is 5.92 Å². The Labute approximate surface area is 127 Å². The molecule has 1 fully saturated rings. The van der Waals surface area contributed by atoms with Crippen LogP contribution in [0.4, 0.5) is 0 Å². The van der Waals surface area contributed by atoms with E-state index in [1.165, 1.54) is 5.56 Å². The summed E-state index contributed by atoms with van der Waals surface area (Å²) in [6, 6.07) is 7.99. The Bertz CT molecular complexity index is 450. The Morgan fingerprint density at radius 2 is 1.95 bits per heavy atom. The second-order valence-corrected chi connectivity index (χ2v) is 6.11. The third-order valence-electron chi connectivity index (χ3n) is 4.00. The van der Waals surface area contributed by atoms with Crippen LogP contribution in [0.1, 0.15) is 25.3 Å². The molecule has 2 rings (SSSR count). The highest BCUT2D eigenvalue weighted by molar-refractivity contribution is 5.79. The summed E-state index contributed by atoms with van der Waals surface area (Å²) in [6.45, 7) is 6.55. The normalized spacial score (nSPS) is 18.2. The number of carbonyl (C=O) groups excluding carboxylic acids is 1. The third kappa shape index (κ3) is 5.05. The van der Waals surface area contributed by atoms with Gasteiger partial charge in [-0.15, -0.1) is 0 Å². The first kappa shape index (κ1) is 15.8. The monoisotopic (exact) mass is 290 g/mol. The summed E-state index contributed by atoms with van der Waals surface area (Å²) in [7, 11) is 2.10. The molecule has 0 unspecified atom stereocenters. The molecule has 1 atom stereocenters. The van der Waals surface area contributed by atoms with E-state index >= 15 is 0 Å². The van der Waals surface area contributed by atoms with Gasteiger partial charge in [0.2, 0.25) is 5.91 Å². The predicted octanol–water partition coefficient (Wildman–Crippen LogP) is 2.22. The third-order valence-corrected chi connectivity index (χ3v) is 4.00. The van der Waals surface area contributed by atoms with Crippen molar-refractivity contribution in [2.75, 3.05) is 26.7 Å². The zero-order chi connectivity index (χ0) is 15.2. The Kier molecular flexibility index (Phi) is 5.62. The summed E-state index contributed by atoms with van der Waals surface area (Å²) in [5.74, 6) is 1.17. The number of benzene rings is 1. The van der Waals surface area contributed by atoms with Crippen molar-refractivity contribution >= 4 is 5.91 Å². The van der Waals surface area contributed by atoms with Crippen molar-refractivity contribution in [2.45, 2.75) is 32.7 Å². The number of amides is 1. The van der Waals surface area contributed by atoms with Crippen LogP contribution in [0.3, 0.4) is 0 Å². The van der Waals surface area contributed by atoms with Crippen molar-refractivity contribution in [3.05, 3.63) is 29.8 Å². The quantitative estimate of drug-likeness (QED) is 0.904. The Morgan fingerprint density at radius 3 is 2.57 bits per heavy atom. The molecule has 1 N–H and O–H groups in total. The number of aryl methyl sites for hydroxylation is 1. The van der Waals surface area contributed by atoms with Crippen LogP contribution in [0, 0.1) is 12.8 Å². The number of hydrogen-bond donors (Lipinski definition) is 1. The van der Waals surface area contributed by atoms with Gasteiger partial charge in [-0.3, -0.25) is 4.79 Å². The molecule has 0 saturated carbocycles. The summed E-state index contributed by atoms with van der Waals surface area (Å²) in [4.78, 5) is 14.5. The Balaban J connectivity index is 1.72. The minimum Gasteiger partial charge on any atom is -0.491 e. The fourth-order valence-corrected chi connectivity index (χ4v) is 2.53. The van der Waals surface area contributed by atoms with E-state index < -0.39 is 0 Å². The van der Waals surface area contributed by atoms with Gasteiger partial charge in [0.1, 0.15) is 12.4 Å². The highest BCUT2D eigenvalue weighted by Gasteiger charge is 2.24. The lowest BCUT2D eigenvalue weighted by molar-refractivity contribution is -0.127. The van der Waals surface area contributed by atoms with Crippen molar-refractivity contribution in [3.8, 4) is 5.75 Å². The minimum absolute atomic E-state index is 0.0264. The molecular weight excluding hydrogens is 264 g/mol. The van der Waals surface area contributed by atoms with Crippen LogP contribution in [0.15, 0.2) is 24.3 Å². The summed E-state index contributed by atoms with van der Waals surface area (Å²) >= 11 is 0. The van der Waals surface area contributed by atoms with Crippen molar-refractivity contribution in [3.63, 3.8) is 0 Å². The fourth-order valence-electron chi connectivity index (χ4n) is 2.53. The van der Waals surface area contributed by atoms with Crippen LogP contribution in [-0.4, -0.2) is 43.6 Å². The number of nitrogens with one attached hydrogen (secondary N) is 1. The lowest BCUT2D eigenvalue weighted by Crippen LogP contribution is -2.43. The van der Waals surface area contributed by atoms with E-state index in [0.717, 1.165) is 31.7 Å². The second-order valence-electron chi connectivity index (χ2n) is 6.11. The molecule has 1 heterocycles. The van der Waals surface area contributed by atoms with Gasteiger partial charge >= 0.3 is 0 Å². The van der Waals surface area contributed by atoms with Crippen LogP contribution in [0.25, 0.3) is 0 Å². The molecule has 0 spiro atoms. The number of hydrogen-bond acceptors (Lipinski definition) is 3. The van der Waals surface area contributed by atoms with Crippen LogP contribution in [0.2, 0.25) is 0 Å². The number of rotatable bonds is 5. The van der Waals surface area contributed by atoms with E-state index in [0.29, 0.717) is 6.61 Å². The SMILES string of the molecule is Cc1ccc(OC[C@H](C)NC(=O)C2CCN(C)CC2)cc1. The maximum absolute atomic E-state index is 12.2. The Hall–Kier alpha value is -1.55. The van der Waals surface area contributed by atoms with E-state index in [2.05, 4.69) is 17.3 Å². The Morgan fingerprint density at radius 1 is 1.33 bits per heavy atom. The van der Waals surface area contributed by atoms with E-state index in [9.17, 15) is 4.79 Å². The lowest BCUT2D eigenvalue weighted by atomic mass is 9.96. The molecule has 21 heavy (non-hydrogen) atoms. The molecule has 1 aliphatic rings. The molecule has 1 saturated heterocycles. The van der Waals surface area contributed by atoms with Gasteiger partial charge in [-0.05, 0) is 59.0 Å². The first-order valence-electron chi connectivity index (χ1n) is 7.73. The van der Waals surface area contributed by atoms with Crippen molar-refractivity contribution < 1.29 is 9.53 Å². The molecule has 0 aromatic heterocycles. The van der Waals surface area contributed by atoms with Gasteiger partial charge in [0.05, 0.1) is 6.04 Å². The topological polar surface area (TPSA) is 41.6 Å². The summed E-state index contributed by atoms with van der Waals surface area (Å²) < 4.78 is 5.71. The van der Waals surface area contributed by atoms with Crippen LogP contribution in [-0.2, 0) is 4.79 Å². The highest BCUT2D eigenvalue weighted by atomic mass is 16.5. The molecule has 0 bridgehead atoms. The zero-order valence-corrected chi connectivity index (χ0v) is 13.3. The van der Waals surface area contributed by atoms with Crippen LogP contribution < -0.4 is 10.1 Å². The van der Waals surface area contributed by atoms with Crippen molar-refractivity contribution in [2.24, 2.45) is 5.92 Å². The molecule has 1 aliphatic heterocycles. The standard InChI is InChI=1S/C17H26N2O2/c1-13-4-6-16(7-5-13)21-12-14(2)18-17(20)15-8-10-19(3)11-9-15/h4-7,14-15H,8-12H2,1-3H3,(H,18,20)/t14-/m0/s1. The molecule has 116 valence electrons. The number of likely N-dealkylation sites (tertiary alicyclic amines) is 1. The van der Waals surface area contributed by atoms with Crippen LogP contribution >= 0.6 is 0 Å². The number of ether oxygens (including phenoxy) is 1. The minimum atomic E-state index is 0.0264. The summed E-state index contributed by atoms with van der Waals surface area (Å²) in [5.41, 5.74) is 1.21. The smallest absolute Gasteiger partial charge is 0.223 e. The zero-order valence-electron chi connectivity index (χ0n) is 13.3. The molecule has 4 nitrogen and oxygen atoms in total. The number of piperidine rings is 1. The van der Waals surface area contributed by atoms with Crippen molar-refractivity contribution in [1.29, 1.82) is 0 Å². The van der Waals surface area contributed by atoms with E-state index in [4.69, 9.17) is 4.74 Å². The van der Waals surface area contributed by atoms with E-state index in [1.807, 2.05) is 38.1 Å². The first-order chi connectivity index (χ1) is 10.0. The average Bonchev–Trinajstić information content (AvgIpc) is 2.47. The number of carbonyl (C=O) groups is 1. The molecule has 1 aromatic carbocycles. The second kappa shape index (κ2) is 7.46. The van der Waals surface area contributed by atoms with Gasteiger partial charge in [-0.2, -0.15) is 0 Å². The van der Waals surface area contributed by atoms with E-state index in [-0.39, 0.29) is 17.9 Å². The van der Waals surface area contributed by atoms with Gasteiger partial charge in [0.15, 0.2) is 0 Å². The van der Waals surface area contributed by atoms with Gasteiger partial charge in [-0.1, -0.05) is 17.7 Å². The molecule has 4 heteroatoms. The summed E-state index contributed by atoms with van der Waals surface area (Å²) in [6.07, 6.45) is 1.90. The molecule has 1 aromatic rings. The fraction of sp³-hybridized carbons (Fsp3) is 0.588. The van der Waals surface area contributed by atoms with Crippen LogP contribution in [0.5, 0.6) is 5.75 Å². The molecule has 0 radical (unpaired) electrons. The molecule has 1 amide bonds.